The van der Waals surface area contributed by atoms with Crippen LogP contribution in [0.25, 0.3) is 0 Å². The number of thiazole rings is 1. The summed E-state index contributed by atoms with van der Waals surface area (Å²) in [5.74, 6) is 0.524. The molecule has 2 aromatic rings. The van der Waals surface area contributed by atoms with Crippen molar-refractivity contribution in [1.82, 2.24) is 24.6 Å². The molecule has 5 nitrogen and oxygen atoms in total. The maximum atomic E-state index is 4.78. The Kier molecular flexibility index (Phi) is 4.65. The molecule has 1 aliphatic rings. The van der Waals surface area contributed by atoms with Crippen LogP contribution in [0.3, 0.4) is 0 Å². The van der Waals surface area contributed by atoms with E-state index in [1.54, 1.807) is 17.7 Å². The molecule has 0 aliphatic carbocycles. The lowest BCUT2D eigenvalue weighted by Crippen LogP contribution is -2.41. The van der Waals surface area contributed by atoms with Gasteiger partial charge in [0, 0.05) is 23.9 Å². The van der Waals surface area contributed by atoms with Gasteiger partial charge in [0.1, 0.15) is 12.7 Å². The molecule has 0 saturated carbocycles. The fourth-order valence-corrected chi connectivity index (χ4v) is 3.71. The van der Waals surface area contributed by atoms with Gasteiger partial charge >= 0.3 is 0 Å². The second kappa shape index (κ2) is 6.66. The fraction of sp³-hybridized carbons (Fsp3) is 0.667. The van der Waals surface area contributed by atoms with Crippen LogP contribution in [-0.4, -0.2) is 37.2 Å². The predicted octanol–water partition coefficient (Wildman–Crippen LogP) is 2.91. The van der Waals surface area contributed by atoms with Gasteiger partial charge in [-0.2, -0.15) is 5.10 Å². The minimum atomic E-state index is 0.524. The first-order chi connectivity index (χ1) is 10.2. The van der Waals surface area contributed by atoms with Crippen molar-refractivity contribution in [3.05, 3.63) is 28.7 Å². The van der Waals surface area contributed by atoms with Crippen molar-refractivity contribution in [2.45, 2.75) is 58.2 Å². The van der Waals surface area contributed by atoms with E-state index in [9.17, 15) is 0 Å². The van der Waals surface area contributed by atoms with E-state index >= 15 is 0 Å². The number of hydrogen-bond donors (Lipinski definition) is 0. The summed E-state index contributed by atoms with van der Waals surface area (Å²) in [6, 6.07) is 0.546. The zero-order chi connectivity index (χ0) is 14.7. The van der Waals surface area contributed by atoms with E-state index in [2.05, 4.69) is 34.2 Å². The zero-order valence-corrected chi connectivity index (χ0v) is 13.6. The summed E-state index contributed by atoms with van der Waals surface area (Å²) < 4.78 is 1.95. The Bertz CT molecular complexity index is 548. The molecule has 3 heterocycles. The molecule has 0 aromatic carbocycles. The van der Waals surface area contributed by atoms with Gasteiger partial charge in [0.05, 0.1) is 17.2 Å². The van der Waals surface area contributed by atoms with Crippen molar-refractivity contribution in [3.8, 4) is 0 Å². The van der Waals surface area contributed by atoms with Crippen LogP contribution in [0.4, 0.5) is 0 Å². The molecule has 3 rings (SSSR count). The molecule has 2 aromatic heterocycles. The smallest absolute Gasteiger partial charge is 0.137 e. The Labute approximate surface area is 130 Å². The molecule has 0 bridgehead atoms. The zero-order valence-electron chi connectivity index (χ0n) is 12.8. The molecule has 114 valence electrons. The van der Waals surface area contributed by atoms with Crippen LogP contribution < -0.4 is 0 Å². The van der Waals surface area contributed by atoms with Crippen LogP contribution in [0.2, 0.25) is 0 Å². The van der Waals surface area contributed by atoms with E-state index in [1.807, 2.05) is 11.0 Å². The predicted molar refractivity (Wildman–Crippen MR) is 84.3 cm³/mol. The highest BCUT2D eigenvalue weighted by atomic mass is 32.1. The number of aromatic nitrogens is 4. The molecule has 6 heteroatoms. The molecule has 0 amide bonds. The maximum Gasteiger partial charge on any atom is 0.137 e. The highest BCUT2D eigenvalue weighted by molar-refractivity contribution is 7.09. The van der Waals surface area contributed by atoms with E-state index in [1.165, 1.54) is 30.0 Å². The van der Waals surface area contributed by atoms with Crippen molar-refractivity contribution in [1.29, 1.82) is 0 Å². The van der Waals surface area contributed by atoms with Gasteiger partial charge in [-0.25, -0.2) is 9.97 Å². The summed E-state index contributed by atoms with van der Waals surface area (Å²) in [5, 5.41) is 7.71. The van der Waals surface area contributed by atoms with Crippen LogP contribution in [0.5, 0.6) is 0 Å². The van der Waals surface area contributed by atoms with E-state index in [0.29, 0.717) is 12.0 Å². The first-order valence-corrected chi connectivity index (χ1v) is 8.61. The summed E-state index contributed by atoms with van der Waals surface area (Å²) in [6.45, 7) is 7.46. The highest BCUT2D eigenvalue weighted by Crippen LogP contribution is 2.24. The van der Waals surface area contributed by atoms with Crippen LogP contribution >= 0.6 is 11.3 Å². The summed E-state index contributed by atoms with van der Waals surface area (Å²) in [7, 11) is 0. The number of rotatable bonds is 5. The number of likely N-dealkylation sites (tertiary alicyclic amines) is 1. The maximum absolute atomic E-state index is 4.78. The average Bonchev–Trinajstić information content (AvgIpc) is 3.12. The Morgan fingerprint density at radius 1 is 1.38 bits per heavy atom. The number of nitrogens with zero attached hydrogens (tertiary/aromatic N) is 5. The van der Waals surface area contributed by atoms with Crippen LogP contribution in [0.15, 0.2) is 18.0 Å². The van der Waals surface area contributed by atoms with Gasteiger partial charge in [-0.3, -0.25) is 9.58 Å². The van der Waals surface area contributed by atoms with Gasteiger partial charge in [-0.05, 0) is 19.4 Å². The van der Waals surface area contributed by atoms with Crippen molar-refractivity contribution < 1.29 is 0 Å². The second-order valence-electron chi connectivity index (χ2n) is 6.07. The van der Waals surface area contributed by atoms with Crippen molar-refractivity contribution >= 4 is 11.3 Å². The van der Waals surface area contributed by atoms with Gasteiger partial charge in [-0.15, -0.1) is 11.3 Å². The Hall–Kier alpha value is -1.27. The van der Waals surface area contributed by atoms with Gasteiger partial charge in [0.2, 0.25) is 0 Å². The Morgan fingerprint density at radius 3 is 3.00 bits per heavy atom. The highest BCUT2D eigenvalue weighted by Gasteiger charge is 2.24. The molecular formula is C15H23N5S. The first kappa shape index (κ1) is 14.7. The molecule has 1 aliphatic heterocycles. The lowest BCUT2D eigenvalue weighted by molar-refractivity contribution is 0.120. The third-order valence-electron chi connectivity index (χ3n) is 4.04. The topological polar surface area (TPSA) is 46.8 Å². The van der Waals surface area contributed by atoms with Crippen LogP contribution in [-0.2, 0) is 13.1 Å². The van der Waals surface area contributed by atoms with Crippen molar-refractivity contribution in [2.75, 3.05) is 6.54 Å². The molecule has 21 heavy (non-hydrogen) atoms. The Morgan fingerprint density at radius 2 is 2.29 bits per heavy atom. The van der Waals surface area contributed by atoms with Crippen molar-refractivity contribution in [2.24, 2.45) is 0 Å². The third-order valence-corrected chi connectivity index (χ3v) is 5.24. The van der Waals surface area contributed by atoms with Crippen LogP contribution in [0.1, 0.15) is 49.7 Å². The first-order valence-electron chi connectivity index (χ1n) is 7.73. The monoisotopic (exact) mass is 305 g/mol. The van der Waals surface area contributed by atoms with E-state index in [0.717, 1.165) is 19.6 Å². The van der Waals surface area contributed by atoms with Gasteiger partial charge in [0.15, 0.2) is 0 Å². The molecule has 1 fully saturated rings. The van der Waals surface area contributed by atoms with Crippen LogP contribution in [0, 0.1) is 0 Å². The summed E-state index contributed by atoms with van der Waals surface area (Å²) >= 11 is 1.79. The lowest BCUT2D eigenvalue weighted by Gasteiger charge is -2.35. The normalized spacial score (nSPS) is 20.2. The minimum absolute atomic E-state index is 0.524. The molecule has 1 saturated heterocycles. The fourth-order valence-electron chi connectivity index (χ4n) is 2.89. The number of hydrogen-bond acceptors (Lipinski definition) is 5. The molecule has 0 spiro atoms. The molecule has 0 unspecified atom stereocenters. The number of piperidine rings is 1. The van der Waals surface area contributed by atoms with Gasteiger partial charge in [0.25, 0.3) is 0 Å². The summed E-state index contributed by atoms with van der Waals surface area (Å²) in [4.78, 5) is 11.4. The molecule has 1 atom stereocenters. The summed E-state index contributed by atoms with van der Waals surface area (Å²) in [5.41, 5.74) is 1.22. The van der Waals surface area contributed by atoms with Gasteiger partial charge in [-0.1, -0.05) is 20.3 Å². The molecule has 0 radical (unpaired) electrons. The minimum Gasteiger partial charge on any atom is -0.293 e. The summed E-state index contributed by atoms with van der Waals surface area (Å²) in [6.07, 6.45) is 7.26. The second-order valence-corrected chi connectivity index (χ2v) is 6.96. The third kappa shape index (κ3) is 3.68. The molecular weight excluding hydrogens is 282 g/mol. The van der Waals surface area contributed by atoms with E-state index < -0.39 is 0 Å². The van der Waals surface area contributed by atoms with E-state index in [4.69, 9.17) is 4.98 Å². The molecule has 0 N–H and O–H groups in total. The average molecular weight is 305 g/mol. The standard InChI is InChI=1S/C15H23N5S/c1-12(2)15-18-13(9-21-15)7-19-6-4-3-5-14(19)8-20-11-16-10-17-20/h9-12,14H,3-8H2,1-2H3/t14-/m0/s1. The quantitative estimate of drug-likeness (QED) is 0.852. The SMILES string of the molecule is CC(C)c1nc(CN2CCCC[C@H]2Cn2cncn2)cs1. The largest absolute Gasteiger partial charge is 0.293 e. The van der Waals surface area contributed by atoms with Gasteiger partial charge < -0.3 is 0 Å². The van der Waals surface area contributed by atoms with Crippen molar-refractivity contribution in [3.63, 3.8) is 0 Å². The lowest BCUT2D eigenvalue weighted by atomic mass is 10.0. The van der Waals surface area contributed by atoms with E-state index in [-0.39, 0.29) is 0 Å². The Balaban J connectivity index is 1.65.